The van der Waals surface area contributed by atoms with Crippen molar-refractivity contribution in [1.29, 1.82) is 0 Å². The molecule has 0 atom stereocenters. The molecule has 1 heterocycles. The molecule has 1 amide bonds. The van der Waals surface area contributed by atoms with E-state index in [4.69, 9.17) is 4.74 Å². The van der Waals surface area contributed by atoms with Crippen molar-refractivity contribution in [2.24, 2.45) is 0 Å². The predicted molar refractivity (Wildman–Crippen MR) is 105 cm³/mol. The molecule has 0 spiro atoms. The maximum atomic E-state index is 12.9. The zero-order valence-corrected chi connectivity index (χ0v) is 17.0. The second kappa shape index (κ2) is 8.39. The molecule has 2 aromatic rings. The van der Waals surface area contributed by atoms with Crippen LogP contribution in [0.2, 0.25) is 0 Å². The number of para-hydroxylation sites is 1. The quantitative estimate of drug-likeness (QED) is 0.696. The highest BCUT2D eigenvalue weighted by atomic mass is 79.9. The van der Waals surface area contributed by atoms with Crippen LogP contribution in [0.15, 0.2) is 51.8 Å². The number of aromatic carboxylic acids is 1. The lowest BCUT2D eigenvalue weighted by Crippen LogP contribution is -2.40. The van der Waals surface area contributed by atoms with Gasteiger partial charge >= 0.3 is 5.97 Å². The van der Waals surface area contributed by atoms with Crippen molar-refractivity contribution in [1.82, 2.24) is 4.31 Å². The maximum Gasteiger partial charge on any atom is 0.337 e. The molecular weight excluding hydrogens is 452 g/mol. The Morgan fingerprint density at radius 3 is 2.46 bits per heavy atom. The average Bonchev–Trinajstić information content (AvgIpc) is 2.69. The molecule has 1 fully saturated rings. The maximum absolute atomic E-state index is 12.9. The van der Waals surface area contributed by atoms with Gasteiger partial charge in [0.2, 0.25) is 10.0 Å². The Balaban J connectivity index is 1.91. The molecule has 0 radical (unpaired) electrons. The lowest BCUT2D eigenvalue weighted by atomic mass is 10.1. The number of ether oxygens (including phenoxy) is 1. The molecule has 0 unspecified atom stereocenters. The first kappa shape index (κ1) is 20.5. The summed E-state index contributed by atoms with van der Waals surface area (Å²) in [6.45, 7) is 1.08. The van der Waals surface area contributed by atoms with Crippen molar-refractivity contribution >= 4 is 43.5 Å². The highest BCUT2D eigenvalue weighted by Gasteiger charge is 2.29. The van der Waals surface area contributed by atoms with E-state index in [1.54, 1.807) is 12.1 Å². The average molecular weight is 469 g/mol. The molecule has 0 aliphatic carbocycles. The molecule has 8 nitrogen and oxygen atoms in total. The normalized spacial score (nSPS) is 15.2. The highest BCUT2D eigenvalue weighted by molar-refractivity contribution is 9.10. The number of hydrogen-bond acceptors (Lipinski definition) is 5. The fraction of sp³-hybridized carbons (Fsp3) is 0.222. The summed E-state index contributed by atoms with van der Waals surface area (Å²) in [5.74, 6) is -1.79. The van der Waals surface area contributed by atoms with Gasteiger partial charge in [-0.1, -0.05) is 12.1 Å². The van der Waals surface area contributed by atoms with Gasteiger partial charge in [-0.3, -0.25) is 4.79 Å². The summed E-state index contributed by atoms with van der Waals surface area (Å²) < 4.78 is 32.7. The minimum absolute atomic E-state index is 0.0337. The third-order valence-corrected chi connectivity index (χ3v) is 7.08. The smallest absolute Gasteiger partial charge is 0.337 e. The van der Waals surface area contributed by atoms with E-state index in [0.29, 0.717) is 17.7 Å². The van der Waals surface area contributed by atoms with Crippen LogP contribution in [-0.2, 0) is 14.8 Å². The largest absolute Gasteiger partial charge is 0.478 e. The van der Waals surface area contributed by atoms with Gasteiger partial charge in [-0.25, -0.2) is 13.2 Å². The fourth-order valence-corrected chi connectivity index (χ4v) is 5.10. The SMILES string of the molecule is O=C(Nc1ccccc1C(=O)O)c1ccc(Br)c(S(=O)(=O)N2CCOCC2)c1. The van der Waals surface area contributed by atoms with Crippen LogP contribution in [0.4, 0.5) is 5.69 Å². The van der Waals surface area contributed by atoms with Gasteiger partial charge in [0, 0.05) is 23.1 Å². The number of sulfonamides is 1. The summed E-state index contributed by atoms with van der Waals surface area (Å²) in [6, 6.07) is 10.2. The van der Waals surface area contributed by atoms with Crippen molar-refractivity contribution in [3.8, 4) is 0 Å². The summed E-state index contributed by atoms with van der Waals surface area (Å²) in [6.07, 6.45) is 0. The second-order valence-corrected chi connectivity index (χ2v) is 8.73. The molecule has 0 saturated carbocycles. The zero-order chi connectivity index (χ0) is 20.3. The Morgan fingerprint density at radius 1 is 1.11 bits per heavy atom. The number of benzene rings is 2. The Morgan fingerprint density at radius 2 is 1.79 bits per heavy atom. The van der Waals surface area contributed by atoms with Crippen LogP contribution < -0.4 is 5.32 Å². The van der Waals surface area contributed by atoms with Crippen molar-refractivity contribution in [2.75, 3.05) is 31.6 Å². The van der Waals surface area contributed by atoms with E-state index in [1.807, 2.05) is 0 Å². The van der Waals surface area contributed by atoms with Crippen molar-refractivity contribution < 1.29 is 27.9 Å². The zero-order valence-electron chi connectivity index (χ0n) is 14.6. The number of rotatable bonds is 5. The number of halogens is 1. The van der Waals surface area contributed by atoms with Crippen LogP contribution in [0.5, 0.6) is 0 Å². The van der Waals surface area contributed by atoms with Crippen LogP contribution in [0, 0.1) is 0 Å². The van der Waals surface area contributed by atoms with E-state index in [1.165, 1.54) is 34.6 Å². The molecule has 2 N–H and O–H groups in total. The fourth-order valence-electron chi connectivity index (χ4n) is 2.74. The molecule has 148 valence electrons. The summed E-state index contributed by atoms with van der Waals surface area (Å²) in [5.41, 5.74) is 0.157. The van der Waals surface area contributed by atoms with Gasteiger partial charge in [0.25, 0.3) is 5.91 Å². The number of carbonyl (C=O) groups is 2. The van der Waals surface area contributed by atoms with Crippen LogP contribution in [0.3, 0.4) is 0 Å². The van der Waals surface area contributed by atoms with Gasteiger partial charge in [0.05, 0.1) is 29.4 Å². The minimum atomic E-state index is -3.81. The number of carboxylic acids is 1. The van der Waals surface area contributed by atoms with E-state index in [2.05, 4.69) is 21.2 Å². The molecule has 1 aliphatic heterocycles. The van der Waals surface area contributed by atoms with E-state index >= 15 is 0 Å². The number of carbonyl (C=O) groups excluding carboxylic acids is 1. The lowest BCUT2D eigenvalue weighted by Gasteiger charge is -2.26. The monoisotopic (exact) mass is 468 g/mol. The molecular formula is C18H17BrN2O6S. The molecule has 1 saturated heterocycles. The van der Waals surface area contributed by atoms with E-state index < -0.39 is 21.9 Å². The van der Waals surface area contributed by atoms with Gasteiger partial charge < -0.3 is 15.2 Å². The van der Waals surface area contributed by atoms with Gasteiger partial charge in [-0.05, 0) is 46.3 Å². The Bertz CT molecular complexity index is 1020. The predicted octanol–water partition coefficient (Wildman–Crippen LogP) is 2.42. The van der Waals surface area contributed by atoms with Crippen LogP contribution >= 0.6 is 15.9 Å². The number of morpholine rings is 1. The van der Waals surface area contributed by atoms with Crippen LogP contribution in [0.25, 0.3) is 0 Å². The molecule has 0 aromatic heterocycles. The molecule has 28 heavy (non-hydrogen) atoms. The third kappa shape index (κ3) is 4.25. The first-order valence-corrected chi connectivity index (χ1v) is 10.5. The number of hydrogen-bond donors (Lipinski definition) is 2. The van der Waals surface area contributed by atoms with E-state index in [-0.39, 0.29) is 34.8 Å². The van der Waals surface area contributed by atoms with Crippen molar-refractivity contribution in [2.45, 2.75) is 4.90 Å². The topological polar surface area (TPSA) is 113 Å². The summed E-state index contributed by atoms with van der Waals surface area (Å²) in [7, 11) is -3.81. The molecule has 0 bridgehead atoms. The van der Waals surface area contributed by atoms with Gasteiger partial charge in [-0.15, -0.1) is 0 Å². The van der Waals surface area contributed by atoms with Gasteiger partial charge in [0.1, 0.15) is 0 Å². The second-order valence-electron chi connectivity index (χ2n) is 5.97. The molecule has 1 aliphatic rings. The van der Waals surface area contributed by atoms with E-state index in [9.17, 15) is 23.1 Å². The first-order chi connectivity index (χ1) is 13.3. The minimum Gasteiger partial charge on any atom is -0.478 e. The van der Waals surface area contributed by atoms with Crippen LogP contribution in [-0.4, -0.2) is 56.0 Å². The molecule has 2 aromatic carbocycles. The van der Waals surface area contributed by atoms with Crippen molar-refractivity contribution in [3.63, 3.8) is 0 Å². The number of amides is 1. The Kier molecular flexibility index (Phi) is 6.14. The Hall–Kier alpha value is -2.27. The highest BCUT2D eigenvalue weighted by Crippen LogP contribution is 2.27. The number of nitrogens with zero attached hydrogens (tertiary/aromatic N) is 1. The first-order valence-electron chi connectivity index (χ1n) is 8.32. The third-order valence-electron chi connectivity index (χ3n) is 4.19. The van der Waals surface area contributed by atoms with Gasteiger partial charge in [-0.2, -0.15) is 4.31 Å². The Labute approximate surface area is 170 Å². The molecule has 10 heteroatoms. The lowest BCUT2D eigenvalue weighted by molar-refractivity contribution is 0.0698. The van der Waals surface area contributed by atoms with Gasteiger partial charge in [0.15, 0.2) is 0 Å². The summed E-state index contributed by atoms with van der Waals surface area (Å²) in [4.78, 5) is 23.9. The summed E-state index contributed by atoms with van der Waals surface area (Å²) >= 11 is 3.23. The molecule has 3 rings (SSSR count). The van der Waals surface area contributed by atoms with Crippen molar-refractivity contribution in [3.05, 3.63) is 58.1 Å². The van der Waals surface area contributed by atoms with E-state index in [0.717, 1.165) is 0 Å². The number of nitrogens with one attached hydrogen (secondary N) is 1. The van der Waals surface area contributed by atoms with Crippen LogP contribution in [0.1, 0.15) is 20.7 Å². The number of carboxylic acid groups (broad SMARTS) is 1. The summed E-state index contributed by atoms with van der Waals surface area (Å²) in [5, 5.41) is 11.8. The number of anilines is 1. The standard InChI is InChI=1S/C18H17BrN2O6S/c19-14-6-5-12(11-16(14)28(25,26)21-7-9-27-10-8-21)17(22)20-15-4-2-1-3-13(15)18(23)24/h1-6,11H,7-10H2,(H,20,22)(H,23,24).